The summed E-state index contributed by atoms with van der Waals surface area (Å²) in [6.45, 7) is 1.52. The van der Waals surface area contributed by atoms with E-state index in [0.717, 1.165) is 5.56 Å². The SMILES string of the molecule is CC(=O)c1ccc(C=Nn2c(-c3ccc(Cl)cc3Cl)n[nH]c2=S)cc1. The van der Waals surface area contributed by atoms with Crippen LogP contribution in [0.15, 0.2) is 47.6 Å². The second-order valence-corrected chi connectivity index (χ2v) is 6.44. The number of carbonyl (C=O) groups is 1. The highest BCUT2D eigenvalue weighted by molar-refractivity contribution is 7.71. The Balaban J connectivity index is 1.97. The molecule has 0 saturated heterocycles. The van der Waals surface area contributed by atoms with Gasteiger partial charge in [-0.2, -0.15) is 14.9 Å². The van der Waals surface area contributed by atoms with Gasteiger partial charge in [0.25, 0.3) is 0 Å². The van der Waals surface area contributed by atoms with Gasteiger partial charge in [0.2, 0.25) is 4.77 Å². The van der Waals surface area contributed by atoms with E-state index < -0.39 is 0 Å². The molecule has 5 nitrogen and oxygen atoms in total. The maximum absolute atomic E-state index is 11.3. The lowest BCUT2D eigenvalue weighted by Crippen LogP contribution is -1.96. The Morgan fingerprint density at radius 2 is 1.96 bits per heavy atom. The summed E-state index contributed by atoms with van der Waals surface area (Å²) in [6.07, 6.45) is 1.63. The lowest BCUT2D eigenvalue weighted by atomic mass is 10.1. The number of halogens is 2. The molecule has 0 aliphatic heterocycles. The van der Waals surface area contributed by atoms with E-state index in [-0.39, 0.29) is 5.78 Å². The van der Waals surface area contributed by atoms with Crippen molar-refractivity contribution >= 4 is 47.4 Å². The van der Waals surface area contributed by atoms with Crippen LogP contribution < -0.4 is 0 Å². The third-order valence-electron chi connectivity index (χ3n) is 3.46. The minimum atomic E-state index is 0.0141. The van der Waals surface area contributed by atoms with E-state index in [1.165, 1.54) is 11.6 Å². The maximum Gasteiger partial charge on any atom is 0.216 e. The van der Waals surface area contributed by atoms with Gasteiger partial charge < -0.3 is 0 Å². The molecule has 0 aliphatic rings. The van der Waals surface area contributed by atoms with Crippen molar-refractivity contribution in [1.29, 1.82) is 0 Å². The molecule has 0 bridgehead atoms. The van der Waals surface area contributed by atoms with E-state index >= 15 is 0 Å². The van der Waals surface area contributed by atoms with E-state index in [1.54, 1.807) is 48.7 Å². The summed E-state index contributed by atoms with van der Waals surface area (Å²) in [4.78, 5) is 11.3. The number of Topliss-reactive ketones (excluding diaryl/α,β-unsaturated/α-hetero) is 1. The average Bonchev–Trinajstić information content (AvgIpc) is 2.94. The predicted octanol–water partition coefficient (Wildman–Crippen LogP) is 5.00. The molecule has 0 atom stereocenters. The molecular weight excluding hydrogens is 379 g/mol. The van der Waals surface area contributed by atoms with Crippen LogP contribution in [0.2, 0.25) is 10.0 Å². The van der Waals surface area contributed by atoms with Crippen LogP contribution >= 0.6 is 35.4 Å². The number of hydrogen-bond acceptors (Lipinski definition) is 4. The summed E-state index contributed by atoms with van der Waals surface area (Å²) >= 11 is 17.4. The molecule has 0 fully saturated rings. The van der Waals surface area contributed by atoms with E-state index in [0.29, 0.717) is 31.8 Å². The highest BCUT2D eigenvalue weighted by Gasteiger charge is 2.12. The van der Waals surface area contributed by atoms with Gasteiger partial charge in [-0.1, -0.05) is 47.5 Å². The highest BCUT2D eigenvalue weighted by Crippen LogP contribution is 2.29. The molecule has 1 heterocycles. The minimum Gasteiger partial charge on any atom is -0.295 e. The molecule has 25 heavy (non-hydrogen) atoms. The van der Waals surface area contributed by atoms with Gasteiger partial charge in [-0.05, 0) is 42.9 Å². The van der Waals surface area contributed by atoms with Gasteiger partial charge >= 0.3 is 0 Å². The number of nitrogens with zero attached hydrogens (tertiary/aromatic N) is 3. The standard InChI is InChI=1S/C17H12Cl2N4OS/c1-10(24)12-4-2-11(3-5-12)9-20-23-16(21-22-17(23)25)14-7-6-13(18)8-15(14)19/h2-9H,1H3,(H,22,25). The molecule has 0 spiro atoms. The van der Waals surface area contributed by atoms with Crippen molar-refractivity contribution in [3.8, 4) is 11.4 Å². The topological polar surface area (TPSA) is 63.0 Å². The molecule has 1 N–H and O–H groups in total. The average molecular weight is 391 g/mol. The number of ketones is 1. The summed E-state index contributed by atoms with van der Waals surface area (Å²) in [5.41, 5.74) is 2.12. The second-order valence-electron chi connectivity index (χ2n) is 5.21. The number of carbonyl (C=O) groups excluding carboxylic acids is 1. The third kappa shape index (κ3) is 3.87. The van der Waals surface area contributed by atoms with Crippen molar-refractivity contribution in [2.24, 2.45) is 5.10 Å². The van der Waals surface area contributed by atoms with Gasteiger partial charge in [-0.3, -0.25) is 4.79 Å². The Hall–Kier alpha value is -2.28. The molecule has 3 rings (SSSR count). The summed E-state index contributed by atoms with van der Waals surface area (Å²) in [5, 5.41) is 12.2. The van der Waals surface area contributed by atoms with Gasteiger partial charge in [-0.15, -0.1) is 0 Å². The number of rotatable bonds is 4. The van der Waals surface area contributed by atoms with Gasteiger partial charge in [0.05, 0.1) is 11.2 Å². The number of H-pyrrole nitrogens is 1. The lowest BCUT2D eigenvalue weighted by Gasteiger charge is -2.04. The molecule has 3 aromatic rings. The first-order chi connectivity index (χ1) is 12.0. The largest absolute Gasteiger partial charge is 0.295 e. The highest BCUT2D eigenvalue weighted by atomic mass is 35.5. The summed E-state index contributed by atoms with van der Waals surface area (Å²) in [7, 11) is 0. The molecule has 2 aromatic carbocycles. The number of aromatic nitrogens is 3. The normalized spacial score (nSPS) is 11.2. The molecule has 0 radical (unpaired) electrons. The van der Waals surface area contributed by atoms with Crippen LogP contribution in [0.3, 0.4) is 0 Å². The first kappa shape index (κ1) is 17.5. The zero-order valence-electron chi connectivity index (χ0n) is 13.0. The zero-order valence-corrected chi connectivity index (χ0v) is 15.4. The van der Waals surface area contributed by atoms with Crippen LogP contribution in [0.1, 0.15) is 22.8 Å². The molecule has 0 amide bonds. The van der Waals surface area contributed by atoms with Crippen molar-refractivity contribution in [3.05, 3.63) is 68.4 Å². The van der Waals surface area contributed by atoms with Crippen molar-refractivity contribution in [2.75, 3.05) is 0 Å². The van der Waals surface area contributed by atoms with Crippen LogP contribution in [0.4, 0.5) is 0 Å². The second kappa shape index (κ2) is 7.31. The van der Waals surface area contributed by atoms with Crippen molar-refractivity contribution in [3.63, 3.8) is 0 Å². The van der Waals surface area contributed by atoms with Crippen molar-refractivity contribution < 1.29 is 4.79 Å². The van der Waals surface area contributed by atoms with Gasteiger partial charge in [-0.25, -0.2) is 5.10 Å². The maximum atomic E-state index is 11.3. The van der Waals surface area contributed by atoms with Crippen LogP contribution in [-0.2, 0) is 0 Å². The number of nitrogens with one attached hydrogen (secondary N) is 1. The lowest BCUT2D eigenvalue weighted by molar-refractivity contribution is 0.101. The van der Waals surface area contributed by atoms with Crippen LogP contribution in [0, 0.1) is 4.77 Å². The fourth-order valence-electron chi connectivity index (χ4n) is 2.17. The number of hydrogen-bond donors (Lipinski definition) is 1. The quantitative estimate of drug-likeness (QED) is 0.387. The predicted molar refractivity (Wildman–Crippen MR) is 102 cm³/mol. The molecule has 0 aliphatic carbocycles. The first-order valence-electron chi connectivity index (χ1n) is 7.24. The molecule has 126 valence electrons. The summed E-state index contributed by atoms with van der Waals surface area (Å²) < 4.78 is 1.81. The van der Waals surface area contributed by atoms with Crippen LogP contribution in [0.25, 0.3) is 11.4 Å². The van der Waals surface area contributed by atoms with E-state index in [4.69, 9.17) is 35.4 Å². The fourth-order valence-corrected chi connectivity index (χ4v) is 2.84. The first-order valence-corrected chi connectivity index (χ1v) is 8.40. The van der Waals surface area contributed by atoms with Gasteiger partial charge in [0, 0.05) is 16.1 Å². The minimum absolute atomic E-state index is 0.0141. The summed E-state index contributed by atoms with van der Waals surface area (Å²) in [6, 6.07) is 12.2. The zero-order chi connectivity index (χ0) is 18.0. The van der Waals surface area contributed by atoms with E-state index in [1.807, 2.05) is 0 Å². The Kier molecular flexibility index (Phi) is 5.13. The molecular formula is C17H12Cl2N4OS. The van der Waals surface area contributed by atoms with E-state index in [2.05, 4.69) is 15.3 Å². The van der Waals surface area contributed by atoms with Gasteiger partial charge in [0.1, 0.15) is 0 Å². The Bertz CT molecular complexity index is 1020. The number of aromatic amines is 1. The smallest absolute Gasteiger partial charge is 0.216 e. The monoisotopic (exact) mass is 390 g/mol. The molecule has 8 heteroatoms. The third-order valence-corrected chi connectivity index (χ3v) is 4.27. The van der Waals surface area contributed by atoms with Crippen LogP contribution in [0.5, 0.6) is 0 Å². The molecule has 0 unspecified atom stereocenters. The van der Waals surface area contributed by atoms with Crippen molar-refractivity contribution in [1.82, 2.24) is 14.9 Å². The number of benzene rings is 2. The van der Waals surface area contributed by atoms with E-state index in [9.17, 15) is 4.79 Å². The van der Waals surface area contributed by atoms with Crippen molar-refractivity contribution in [2.45, 2.75) is 6.92 Å². The fraction of sp³-hybridized carbons (Fsp3) is 0.0588. The molecule has 0 saturated carbocycles. The summed E-state index contributed by atoms with van der Waals surface area (Å²) in [5.74, 6) is 0.489. The Morgan fingerprint density at radius 3 is 2.60 bits per heavy atom. The van der Waals surface area contributed by atoms with Gasteiger partial charge in [0.15, 0.2) is 11.6 Å². The Morgan fingerprint density at radius 1 is 1.24 bits per heavy atom. The Labute approximate surface area is 158 Å². The van der Waals surface area contributed by atoms with Crippen LogP contribution in [-0.4, -0.2) is 26.9 Å². The molecule has 1 aromatic heterocycles.